The van der Waals surface area contributed by atoms with Gasteiger partial charge >= 0.3 is 11.8 Å². The number of carbonyl (C=O) groups is 1. The Balaban J connectivity index is 1.82. The summed E-state index contributed by atoms with van der Waals surface area (Å²) in [5, 5.41) is 13.9. The molecule has 2 aromatic rings. The molecule has 0 aliphatic heterocycles. The van der Waals surface area contributed by atoms with Gasteiger partial charge in [-0.3, -0.25) is 9.51 Å². The van der Waals surface area contributed by atoms with Gasteiger partial charge in [-0.05, 0) is 31.1 Å². The summed E-state index contributed by atoms with van der Waals surface area (Å²) in [7, 11) is 0. The number of thioether (sulfide) groups is 1. The number of nitrogens with zero attached hydrogens (tertiary/aromatic N) is 3. The molecule has 2 aromatic heterocycles. The second-order valence-electron chi connectivity index (χ2n) is 5.14. The van der Waals surface area contributed by atoms with Crippen molar-refractivity contribution in [2.75, 3.05) is 12.3 Å². The first-order chi connectivity index (χ1) is 10.3. The van der Waals surface area contributed by atoms with E-state index < -0.39 is 17.5 Å². The summed E-state index contributed by atoms with van der Waals surface area (Å²) >= 11 is 1.28. The number of aromatic amines is 1. The lowest BCUT2D eigenvalue weighted by Crippen LogP contribution is -2.33. The molecule has 1 amide bonds. The molecule has 10 nitrogen and oxygen atoms in total. The molecule has 0 aromatic carbocycles. The molecule has 0 saturated carbocycles. The number of rotatable bonds is 5. The fourth-order valence-corrected chi connectivity index (χ4v) is 2.12. The summed E-state index contributed by atoms with van der Waals surface area (Å²) in [6.45, 7) is 5.72. The van der Waals surface area contributed by atoms with Gasteiger partial charge in [0.05, 0.1) is 0 Å². The van der Waals surface area contributed by atoms with Crippen LogP contribution in [0.3, 0.4) is 0 Å². The van der Waals surface area contributed by atoms with Crippen molar-refractivity contribution in [2.24, 2.45) is 0 Å². The van der Waals surface area contributed by atoms with Crippen molar-refractivity contribution in [1.29, 1.82) is 0 Å². The molecule has 2 N–H and O–H groups in total. The zero-order valence-corrected chi connectivity index (χ0v) is 13.0. The average molecular weight is 329 g/mol. The van der Waals surface area contributed by atoms with E-state index in [2.05, 4.69) is 34.9 Å². The first-order valence-electron chi connectivity index (χ1n) is 6.34. The second-order valence-corrected chi connectivity index (χ2v) is 6.22. The van der Waals surface area contributed by atoms with Crippen LogP contribution < -0.4 is 11.1 Å². The maximum Gasteiger partial charge on any atom is 0.439 e. The standard InChI is InChI=1S/C11H15N5O5S/c1-11(2,3)19-9(17)12-4-5-22-8-6(14-21-16-8)7-13-10(18)20-15-7/h4-5H2,1-3H3,(H,12,17)(H,13,15,18). The number of aromatic nitrogens is 4. The first-order valence-corrected chi connectivity index (χ1v) is 7.32. The summed E-state index contributed by atoms with van der Waals surface area (Å²) in [5.41, 5.74) is -0.271. The van der Waals surface area contributed by atoms with Gasteiger partial charge in [-0.25, -0.2) is 14.2 Å². The third kappa shape index (κ3) is 4.62. The predicted octanol–water partition coefficient (Wildman–Crippen LogP) is 1.03. The van der Waals surface area contributed by atoms with E-state index in [-0.39, 0.29) is 11.5 Å². The Hall–Kier alpha value is -2.30. The van der Waals surface area contributed by atoms with Crippen LogP contribution in [0.15, 0.2) is 19.0 Å². The number of nitrogens with one attached hydrogen (secondary N) is 2. The molecule has 0 spiro atoms. The SMILES string of the molecule is CC(C)(C)OC(=O)NCCSc1nonc1-c1noc(=O)[nH]1. The van der Waals surface area contributed by atoms with Gasteiger partial charge in [0.1, 0.15) is 5.60 Å². The molecule has 0 saturated heterocycles. The van der Waals surface area contributed by atoms with E-state index in [1.165, 1.54) is 11.8 Å². The number of H-pyrrole nitrogens is 1. The molecule has 0 fully saturated rings. The van der Waals surface area contributed by atoms with Gasteiger partial charge in [0.2, 0.25) is 5.82 Å². The third-order valence-electron chi connectivity index (χ3n) is 2.13. The highest BCUT2D eigenvalue weighted by molar-refractivity contribution is 7.99. The van der Waals surface area contributed by atoms with Crippen molar-refractivity contribution in [3.8, 4) is 11.5 Å². The van der Waals surface area contributed by atoms with E-state index in [1.807, 2.05) is 0 Å². The zero-order chi connectivity index (χ0) is 16.2. The summed E-state index contributed by atoms with van der Waals surface area (Å²) in [5.74, 6) is -0.0582. The normalized spacial score (nSPS) is 11.4. The van der Waals surface area contributed by atoms with E-state index in [1.54, 1.807) is 20.8 Å². The maximum atomic E-state index is 11.5. The molecule has 0 aliphatic rings. The van der Waals surface area contributed by atoms with Crippen LogP contribution in [0.1, 0.15) is 20.8 Å². The minimum Gasteiger partial charge on any atom is -0.444 e. The molecule has 0 atom stereocenters. The third-order valence-corrected chi connectivity index (χ3v) is 3.08. The lowest BCUT2D eigenvalue weighted by atomic mass is 10.2. The van der Waals surface area contributed by atoms with Gasteiger partial charge in [0, 0.05) is 12.3 Å². The van der Waals surface area contributed by atoms with Crippen molar-refractivity contribution in [1.82, 2.24) is 25.8 Å². The highest BCUT2D eigenvalue weighted by Gasteiger charge is 2.18. The lowest BCUT2D eigenvalue weighted by Gasteiger charge is -2.19. The van der Waals surface area contributed by atoms with Gasteiger partial charge < -0.3 is 10.1 Å². The quantitative estimate of drug-likeness (QED) is 0.608. The smallest absolute Gasteiger partial charge is 0.439 e. The van der Waals surface area contributed by atoms with Gasteiger partial charge in [-0.15, -0.1) is 0 Å². The lowest BCUT2D eigenvalue weighted by molar-refractivity contribution is 0.0531. The van der Waals surface area contributed by atoms with E-state index in [4.69, 9.17) is 4.74 Å². The Morgan fingerprint density at radius 1 is 1.36 bits per heavy atom. The van der Waals surface area contributed by atoms with Gasteiger partial charge in [-0.1, -0.05) is 16.9 Å². The number of amides is 1. The van der Waals surface area contributed by atoms with Crippen LogP contribution in [-0.4, -0.2) is 44.4 Å². The van der Waals surface area contributed by atoms with E-state index >= 15 is 0 Å². The predicted molar refractivity (Wildman–Crippen MR) is 75.4 cm³/mol. The Morgan fingerprint density at radius 3 is 2.77 bits per heavy atom. The topological polar surface area (TPSA) is 136 Å². The van der Waals surface area contributed by atoms with Crippen molar-refractivity contribution in [3.63, 3.8) is 0 Å². The Kier molecular flexibility index (Phi) is 4.85. The van der Waals surface area contributed by atoms with Crippen LogP contribution in [0.25, 0.3) is 11.5 Å². The number of carbonyl (C=O) groups excluding carboxylic acids is 1. The van der Waals surface area contributed by atoms with Crippen molar-refractivity contribution in [3.05, 3.63) is 10.6 Å². The van der Waals surface area contributed by atoms with Gasteiger partial charge in [0.15, 0.2) is 10.7 Å². The average Bonchev–Trinajstić information content (AvgIpc) is 3.01. The van der Waals surface area contributed by atoms with Gasteiger partial charge in [-0.2, -0.15) is 0 Å². The van der Waals surface area contributed by atoms with Crippen LogP contribution in [0.5, 0.6) is 0 Å². The Labute approximate surface area is 128 Å². The summed E-state index contributed by atoms with van der Waals surface area (Å²) in [6.07, 6.45) is -0.493. The maximum absolute atomic E-state index is 11.5. The molecule has 0 bridgehead atoms. The molecule has 0 aliphatic carbocycles. The van der Waals surface area contributed by atoms with Crippen molar-refractivity contribution < 1.29 is 18.7 Å². The highest BCUT2D eigenvalue weighted by Crippen LogP contribution is 2.24. The number of ether oxygens (including phenoxy) is 1. The van der Waals surface area contributed by atoms with Gasteiger partial charge in [0.25, 0.3) is 0 Å². The molecular weight excluding hydrogens is 314 g/mol. The Bertz CT molecular complexity index is 685. The molecule has 120 valence electrons. The second kappa shape index (κ2) is 6.64. The van der Waals surface area contributed by atoms with Crippen LogP contribution >= 0.6 is 11.8 Å². The minimum atomic E-state index is -0.694. The monoisotopic (exact) mass is 329 g/mol. The van der Waals surface area contributed by atoms with Crippen molar-refractivity contribution in [2.45, 2.75) is 31.4 Å². The molecule has 2 rings (SSSR count). The summed E-state index contributed by atoms with van der Waals surface area (Å²) < 4.78 is 14.1. The fourth-order valence-electron chi connectivity index (χ4n) is 1.37. The molecule has 0 unspecified atom stereocenters. The Morgan fingerprint density at radius 2 is 2.14 bits per heavy atom. The van der Waals surface area contributed by atoms with Crippen LogP contribution in [0, 0.1) is 0 Å². The number of hydrogen-bond donors (Lipinski definition) is 2. The largest absolute Gasteiger partial charge is 0.444 e. The fraction of sp³-hybridized carbons (Fsp3) is 0.545. The summed E-state index contributed by atoms with van der Waals surface area (Å²) in [4.78, 5) is 24.7. The van der Waals surface area contributed by atoms with E-state index in [0.29, 0.717) is 17.3 Å². The first kappa shape index (κ1) is 16.1. The zero-order valence-electron chi connectivity index (χ0n) is 12.2. The highest BCUT2D eigenvalue weighted by atomic mass is 32.2. The van der Waals surface area contributed by atoms with E-state index in [0.717, 1.165) is 0 Å². The molecule has 0 radical (unpaired) electrons. The molecule has 2 heterocycles. The van der Waals surface area contributed by atoms with Crippen LogP contribution in [-0.2, 0) is 4.74 Å². The minimum absolute atomic E-state index is 0.133. The molecular formula is C11H15N5O5S. The van der Waals surface area contributed by atoms with Crippen LogP contribution in [0.4, 0.5) is 4.79 Å². The number of alkyl carbamates (subject to hydrolysis) is 1. The summed E-state index contributed by atoms with van der Waals surface area (Å²) in [6, 6.07) is 0. The van der Waals surface area contributed by atoms with Crippen molar-refractivity contribution >= 4 is 17.9 Å². The van der Waals surface area contributed by atoms with Crippen LogP contribution in [0.2, 0.25) is 0 Å². The molecule has 11 heteroatoms. The van der Waals surface area contributed by atoms with E-state index in [9.17, 15) is 9.59 Å². The molecule has 22 heavy (non-hydrogen) atoms. The number of hydrogen-bond acceptors (Lipinski definition) is 9.